The average molecular weight is 399 g/mol. The third-order valence-corrected chi connectivity index (χ3v) is 5.87. The van der Waals surface area contributed by atoms with E-state index in [1.807, 2.05) is 13.8 Å². The Morgan fingerprint density at radius 2 is 1.46 bits per heavy atom. The van der Waals surface area contributed by atoms with Crippen molar-refractivity contribution in [1.82, 2.24) is 0 Å². The molecule has 1 aliphatic carbocycles. The van der Waals surface area contributed by atoms with Crippen molar-refractivity contribution in [3.63, 3.8) is 0 Å². The Morgan fingerprint density at radius 3 is 2.11 bits per heavy atom. The van der Waals surface area contributed by atoms with Crippen molar-refractivity contribution in [3.8, 4) is 0 Å². The molecule has 0 spiro atoms. The Morgan fingerprint density at radius 1 is 0.857 bits per heavy atom. The van der Waals surface area contributed by atoms with Crippen LogP contribution in [0.3, 0.4) is 0 Å². The molecule has 164 valence electrons. The van der Waals surface area contributed by atoms with E-state index in [9.17, 15) is 19.8 Å². The number of hydrogen-bond acceptors (Lipinski definition) is 5. The molecule has 1 rings (SSSR count). The highest BCUT2D eigenvalue weighted by molar-refractivity contribution is 5.78. The largest absolute Gasteiger partial charge is 0.463 e. The van der Waals surface area contributed by atoms with E-state index in [1.54, 1.807) is 0 Å². The highest BCUT2D eigenvalue weighted by Gasteiger charge is 2.40. The van der Waals surface area contributed by atoms with Gasteiger partial charge in [0.15, 0.2) is 0 Å². The maximum Gasteiger partial charge on any atom is 0.306 e. The molecule has 28 heavy (non-hydrogen) atoms. The molecule has 0 saturated heterocycles. The summed E-state index contributed by atoms with van der Waals surface area (Å²) >= 11 is 0. The Labute approximate surface area is 171 Å². The summed E-state index contributed by atoms with van der Waals surface area (Å²) in [4.78, 5) is 23.6. The Bertz CT molecular complexity index is 448. The molecule has 0 heterocycles. The van der Waals surface area contributed by atoms with Gasteiger partial charge in [-0.2, -0.15) is 0 Å². The third kappa shape index (κ3) is 10.0. The second kappa shape index (κ2) is 14.1. The lowest BCUT2D eigenvalue weighted by molar-refractivity contribution is -0.147. The average Bonchev–Trinajstić information content (AvgIpc) is 2.88. The second-order valence-corrected chi connectivity index (χ2v) is 8.72. The van der Waals surface area contributed by atoms with Crippen molar-refractivity contribution in [2.45, 2.75) is 123 Å². The molecule has 0 aromatic carbocycles. The Hall–Kier alpha value is -0.940. The first-order valence-corrected chi connectivity index (χ1v) is 11.4. The van der Waals surface area contributed by atoms with Crippen LogP contribution >= 0.6 is 0 Å². The zero-order chi connectivity index (χ0) is 20.9. The third-order valence-electron chi connectivity index (χ3n) is 5.87. The number of carbonyl (C=O) groups is 2. The van der Waals surface area contributed by atoms with Gasteiger partial charge in [-0.1, -0.05) is 39.0 Å². The van der Waals surface area contributed by atoms with Gasteiger partial charge in [0.05, 0.1) is 18.3 Å². The standard InChI is InChI=1S/C23H42O5/c1-4-5-8-11-18(24)14-15-20-19(21(25)16-22(20)26)12-9-6-7-10-13-23(27)28-17(2)3/h17,19-22,25-26H,4-16H2,1-3H3/t19-,20-,21+,22-/m1/s1. The number of unbranched alkanes of at least 4 members (excludes halogenated alkanes) is 5. The Kier molecular flexibility index (Phi) is 12.6. The van der Waals surface area contributed by atoms with Crippen molar-refractivity contribution >= 4 is 11.8 Å². The number of aliphatic hydroxyl groups excluding tert-OH is 2. The predicted molar refractivity (Wildman–Crippen MR) is 111 cm³/mol. The fourth-order valence-electron chi connectivity index (χ4n) is 4.33. The Balaban J connectivity index is 2.25. The smallest absolute Gasteiger partial charge is 0.306 e. The predicted octanol–water partition coefficient (Wildman–Crippen LogP) is 4.57. The van der Waals surface area contributed by atoms with Crippen LogP contribution in [0.15, 0.2) is 0 Å². The van der Waals surface area contributed by atoms with Crippen LogP contribution in [0.2, 0.25) is 0 Å². The fourth-order valence-corrected chi connectivity index (χ4v) is 4.33. The van der Waals surface area contributed by atoms with E-state index in [0.717, 1.165) is 51.4 Å². The van der Waals surface area contributed by atoms with Crippen molar-refractivity contribution in [2.75, 3.05) is 0 Å². The van der Waals surface area contributed by atoms with Gasteiger partial charge < -0.3 is 14.9 Å². The normalized spacial score (nSPS) is 24.6. The van der Waals surface area contributed by atoms with Gasteiger partial charge >= 0.3 is 5.97 Å². The first-order valence-electron chi connectivity index (χ1n) is 11.4. The minimum absolute atomic E-state index is 0.0335. The number of rotatable bonds is 15. The molecule has 5 heteroatoms. The van der Waals surface area contributed by atoms with Gasteiger partial charge in [0.2, 0.25) is 0 Å². The van der Waals surface area contributed by atoms with E-state index in [0.29, 0.717) is 32.1 Å². The molecule has 5 nitrogen and oxygen atoms in total. The molecule has 2 N–H and O–H groups in total. The first-order chi connectivity index (χ1) is 13.3. The number of hydrogen-bond donors (Lipinski definition) is 2. The van der Waals surface area contributed by atoms with Gasteiger partial charge in [0.1, 0.15) is 5.78 Å². The molecule has 0 aromatic heterocycles. The summed E-state index contributed by atoms with van der Waals surface area (Å²) in [5.74, 6) is 0.276. The lowest BCUT2D eigenvalue weighted by Gasteiger charge is -2.23. The zero-order valence-electron chi connectivity index (χ0n) is 18.2. The summed E-state index contributed by atoms with van der Waals surface area (Å²) in [5, 5.41) is 20.6. The summed E-state index contributed by atoms with van der Waals surface area (Å²) in [6.45, 7) is 5.84. The minimum atomic E-state index is -0.491. The molecule has 1 saturated carbocycles. The van der Waals surface area contributed by atoms with E-state index in [1.165, 1.54) is 0 Å². The van der Waals surface area contributed by atoms with Crippen LogP contribution in [0.25, 0.3) is 0 Å². The van der Waals surface area contributed by atoms with Crippen molar-refractivity contribution < 1.29 is 24.5 Å². The van der Waals surface area contributed by atoms with Crippen LogP contribution in [-0.2, 0) is 14.3 Å². The minimum Gasteiger partial charge on any atom is -0.463 e. The molecule has 0 bridgehead atoms. The SMILES string of the molecule is CCCCCC(=O)CC[C@@H]1[C@@H](CCCCCCC(=O)OC(C)C)[C@@H](O)C[C@H]1O. The van der Waals surface area contributed by atoms with Crippen LogP contribution in [0.5, 0.6) is 0 Å². The zero-order valence-corrected chi connectivity index (χ0v) is 18.2. The highest BCUT2D eigenvalue weighted by atomic mass is 16.5. The maximum absolute atomic E-state index is 12.0. The molecule has 1 aliphatic rings. The van der Waals surface area contributed by atoms with Crippen LogP contribution < -0.4 is 0 Å². The van der Waals surface area contributed by atoms with E-state index in [2.05, 4.69) is 6.92 Å². The van der Waals surface area contributed by atoms with Gasteiger partial charge in [-0.15, -0.1) is 0 Å². The van der Waals surface area contributed by atoms with Crippen molar-refractivity contribution in [2.24, 2.45) is 11.8 Å². The molecule has 1 fully saturated rings. The second-order valence-electron chi connectivity index (χ2n) is 8.72. The van der Waals surface area contributed by atoms with Crippen LogP contribution in [-0.4, -0.2) is 40.3 Å². The monoisotopic (exact) mass is 398 g/mol. The highest BCUT2D eigenvalue weighted by Crippen LogP contribution is 2.39. The topological polar surface area (TPSA) is 83.8 Å². The van der Waals surface area contributed by atoms with Gasteiger partial charge in [-0.05, 0) is 57.8 Å². The van der Waals surface area contributed by atoms with Crippen LogP contribution in [0, 0.1) is 11.8 Å². The number of Topliss-reactive ketones (excluding diaryl/α,β-unsaturated/α-hetero) is 1. The molecule has 4 atom stereocenters. The number of ether oxygens (including phenoxy) is 1. The van der Waals surface area contributed by atoms with E-state index in [4.69, 9.17) is 4.74 Å². The van der Waals surface area contributed by atoms with Gasteiger partial charge in [0.25, 0.3) is 0 Å². The van der Waals surface area contributed by atoms with Crippen molar-refractivity contribution in [3.05, 3.63) is 0 Å². The molecular formula is C23H42O5. The van der Waals surface area contributed by atoms with Crippen molar-refractivity contribution in [1.29, 1.82) is 0 Å². The summed E-state index contributed by atoms with van der Waals surface area (Å²) in [6.07, 6.45) is 9.57. The summed E-state index contributed by atoms with van der Waals surface area (Å²) in [6, 6.07) is 0. The maximum atomic E-state index is 12.0. The van der Waals surface area contributed by atoms with Crippen LogP contribution in [0.1, 0.15) is 104 Å². The van der Waals surface area contributed by atoms with Gasteiger partial charge in [-0.25, -0.2) is 0 Å². The van der Waals surface area contributed by atoms with E-state index < -0.39 is 12.2 Å². The molecular weight excluding hydrogens is 356 g/mol. The summed E-state index contributed by atoms with van der Waals surface area (Å²) < 4.78 is 5.13. The lowest BCUT2D eigenvalue weighted by Crippen LogP contribution is -2.23. The molecule has 0 radical (unpaired) electrons. The number of carbonyl (C=O) groups excluding carboxylic acids is 2. The quantitative estimate of drug-likeness (QED) is 0.312. The van der Waals surface area contributed by atoms with Gasteiger partial charge in [0, 0.05) is 19.3 Å². The van der Waals surface area contributed by atoms with Gasteiger partial charge in [-0.3, -0.25) is 9.59 Å². The van der Waals surface area contributed by atoms with Crippen LogP contribution in [0.4, 0.5) is 0 Å². The lowest BCUT2D eigenvalue weighted by atomic mass is 9.84. The number of esters is 1. The number of ketones is 1. The molecule has 0 aliphatic heterocycles. The molecule has 0 unspecified atom stereocenters. The molecule has 0 aromatic rings. The fraction of sp³-hybridized carbons (Fsp3) is 0.913. The first kappa shape index (κ1) is 25.1. The van der Waals surface area contributed by atoms with E-state index in [-0.39, 0.29) is 29.7 Å². The summed E-state index contributed by atoms with van der Waals surface area (Å²) in [5.41, 5.74) is 0. The van der Waals surface area contributed by atoms with E-state index >= 15 is 0 Å². The summed E-state index contributed by atoms with van der Waals surface area (Å²) in [7, 11) is 0. The molecule has 0 amide bonds. The number of aliphatic hydroxyl groups is 2.